The molecule has 0 unspecified atom stereocenters. The van der Waals surface area contributed by atoms with Gasteiger partial charge in [-0.15, -0.1) is 0 Å². The van der Waals surface area contributed by atoms with Crippen LogP contribution >= 0.6 is 11.6 Å². The van der Waals surface area contributed by atoms with Crippen LogP contribution in [0.1, 0.15) is 16.1 Å². The van der Waals surface area contributed by atoms with Gasteiger partial charge in [0.1, 0.15) is 11.5 Å². The molecule has 2 aromatic heterocycles. The summed E-state index contributed by atoms with van der Waals surface area (Å²) < 4.78 is 0. The van der Waals surface area contributed by atoms with Gasteiger partial charge < -0.3 is 16.4 Å². The highest BCUT2D eigenvalue weighted by Crippen LogP contribution is 2.17. The van der Waals surface area contributed by atoms with E-state index in [9.17, 15) is 4.79 Å². The Kier molecular flexibility index (Phi) is 5.11. The van der Waals surface area contributed by atoms with E-state index in [0.717, 1.165) is 11.3 Å². The van der Waals surface area contributed by atoms with Gasteiger partial charge in [-0.2, -0.15) is 0 Å². The number of hydrogen-bond donors (Lipinski definition) is 3. The maximum absolute atomic E-state index is 12.2. The molecular formula is C18H16ClN5O. The first-order valence-electron chi connectivity index (χ1n) is 7.58. The van der Waals surface area contributed by atoms with Crippen molar-refractivity contribution >= 4 is 34.7 Å². The number of hydrogen-bond acceptors (Lipinski definition) is 5. The molecular weight excluding hydrogens is 338 g/mol. The molecule has 25 heavy (non-hydrogen) atoms. The first-order chi connectivity index (χ1) is 12.1. The molecule has 126 valence electrons. The summed E-state index contributed by atoms with van der Waals surface area (Å²) >= 11 is 5.78. The minimum absolute atomic E-state index is 0.293. The average molecular weight is 354 g/mol. The lowest BCUT2D eigenvalue weighted by Gasteiger charge is -2.10. The SMILES string of the molecule is Nc1ncccc1NCc1cccc(NC(=O)c2ccc(Cl)cn2)c1. The monoisotopic (exact) mass is 353 g/mol. The maximum Gasteiger partial charge on any atom is 0.274 e. The third-order valence-electron chi connectivity index (χ3n) is 3.47. The Hall–Kier alpha value is -3.12. The average Bonchev–Trinajstić information content (AvgIpc) is 2.62. The van der Waals surface area contributed by atoms with Crippen LogP contribution in [0.3, 0.4) is 0 Å². The van der Waals surface area contributed by atoms with E-state index in [1.807, 2.05) is 36.4 Å². The fourth-order valence-corrected chi connectivity index (χ4v) is 2.34. The Labute approximate surface area is 150 Å². The van der Waals surface area contributed by atoms with Crippen LogP contribution < -0.4 is 16.4 Å². The summed E-state index contributed by atoms with van der Waals surface area (Å²) in [6.45, 7) is 0.554. The first kappa shape index (κ1) is 16.7. The van der Waals surface area contributed by atoms with Crippen molar-refractivity contribution in [3.63, 3.8) is 0 Å². The van der Waals surface area contributed by atoms with Gasteiger partial charge >= 0.3 is 0 Å². The van der Waals surface area contributed by atoms with E-state index >= 15 is 0 Å². The van der Waals surface area contributed by atoms with Crippen molar-refractivity contribution in [3.05, 3.63) is 77.2 Å². The number of anilines is 3. The van der Waals surface area contributed by atoms with Crippen LogP contribution in [0.2, 0.25) is 5.02 Å². The van der Waals surface area contributed by atoms with Crippen molar-refractivity contribution in [3.8, 4) is 0 Å². The Morgan fingerprint density at radius 3 is 2.76 bits per heavy atom. The van der Waals surface area contributed by atoms with E-state index in [2.05, 4.69) is 20.6 Å². The predicted octanol–water partition coefficient (Wildman–Crippen LogP) is 3.58. The number of nitrogens with one attached hydrogen (secondary N) is 2. The second kappa shape index (κ2) is 7.63. The fraction of sp³-hybridized carbons (Fsp3) is 0.0556. The number of nitrogens with zero attached hydrogens (tertiary/aromatic N) is 2. The summed E-state index contributed by atoms with van der Waals surface area (Å²) in [5.41, 5.74) is 8.55. The molecule has 0 radical (unpaired) electrons. The number of carbonyl (C=O) groups is 1. The molecule has 3 rings (SSSR count). The summed E-state index contributed by atoms with van der Waals surface area (Å²) in [5, 5.41) is 6.52. The largest absolute Gasteiger partial charge is 0.382 e. The molecule has 3 aromatic rings. The lowest BCUT2D eigenvalue weighted by Crippen LogP contribution is -2.13. The normalized spacial score (nSPS) is 10.3. The molecule has 0 saturated heterocycles. The van der Waals surface area contributed by atoms with Crippen molar-refractivity contribution in [2.45, 2.75) is 6.54 Å². The van der Waals surface area contributed by atoms with Gasteiger partial charge in [0.15, 0.2) is 0 Å². The van der Waals surface area contributed by atoms with Crippen molar-refractivity contribution in [2.24, 2.45) is 0 Å². The van der Waals surface area contributed by atoms with Crippen molar-refractivity contribution in [2.75, 3.05) is 16.4 Å². The highest BCUT2D eigenvalue weighted by molar-refractivity contribution is 6.30. The second-order valence-corrected chi connectivity index (χ2v) is 5.74. The predicted molar refractivity (Wildman–Crippen MR) is 99.6 cm³/mol. The van der Waals surface area contributed by atoms with E-state index in [0.29, 0.717) is 28.8 Å². The summed E-state index contributed by atoms with van der Waals surface area (Å²) in [7, 11) is 0. The van der Waals surface area contributed by atoms with Crippen molar-refractivity contribution < 1.29 is 4.79 Å². The lowest BCUT2D eigenvalue weighted by molar-refractivity contribution is 0.102. The first-order valence-corrected chi connectivity index (χ1v) is 7.96. The van der Waals surface area contributed by atoms with Crippen LogP contribution in [-0.2, 0) is 6.54 Å². The summed E-state index contributed by atoms with van der Waals surface area (Å²) in [5.74, 6) is 0.152. The number of rotatable bonds is 5. The molecule has 1 aromatic carbocycles. The third kappa shape index (κ3) is 4.45. The number of benzene rings is 1. The second-order valence-electron chi connectivity index (χ2n) is 5.31. The van der Waals surface area contributed by atoms with Gasteiger partial charge in [-0.05, 0) is 42.0 Å². The topological polar surface area (TPSA) is 92.9 Å². The molecule has 4 N–H and O–H groups in total. The Bertz CT molecular complexity index is 883. The number of carbonyl (C=O) groups excluding carboxylic acids is 1. The number of pyridine rings is 2. The van der Waals surface area contributed by atoms with Gasteiger partial charge in [-0.25, -0.2) is 9.97 Å². The van der Waals surface area contributed by atoms with Gasteiger partial charge in [0, 0.05) is 24.6 Å². The van der Waals surface area contributed by atoms with E-state index in [-0.39, 0.29) is 5.91 Å². The van der Waals surface area contributed by atoms with Gasteiger partial charge in [0.2, 0.25) is 0 Å². The quantitative estimate of drug-likeness (QED) is 0.652. The fourth-order valence-electron chi connectivity index (χ4n) is 2.23. The summed E-state index contributed by atoms with van der Waals surface area (Å²) in [6, 6.07) is 14.4. The molecule has 0 bridgehead atoms. The molecule has 0 aliphatic heterocycles. The molecule has 0 fully saturated rings. The Morgan fingerprint density at radius 1 is 1.12 bits per heavy atom. The molecule has 0 spiro atoms. The van der Waals surface area contributed by atoms with Crippen molar-refractivity contribution in [1.82, 2.24) is 9.97 Å². The Morgan fingerprint density at radius 2 is 2.00 bits per heavy atom. The van der Waals surface area contributed by atoms with Crippen LogP contribution in [0.15, 0.2) is 60.9 Å². The molecule has 7 heteroatoms. The highest BCUT2D eigenvalue weighted by Gasteiger charge is 2.08. The third-order valence-corrected chi connectivity index (χ3v) is 3.69. The number of aromatic nitrogens is 2. The van der Waals surface area contributed by atoms with Gasteiger partial charge in [0.25, 0.3) is 5.91 Å². The highest BCUT2D eigenvalue weighted by atomic mass is 35.5. The lowest BCUT2D eigenvalue weighted by atomic mass is 10.2. The molecule has 0 aliphatic rings. The van der Waals surface area contributed by atoms with Crippen LogP contribution in [0.4, 0.5) is 17.2 Å². The molecule has 0 saturated carbocycles. The number of nitrogen functional groups attached to an aromatic ring is 1. The minimum atomic E-state index is -0.293. The molecule has 0 atom stereocenters. The van der Waals surface area contributed by atoms with Gasteiger partial charge in [-0.3, -0.25) is 4.79 Å². The number of halogens is 1. The van der Waals surface area contributed by atoms with E-state index in [1.165, 1.54) is 6.20 Å². The smallest absolute Gasteiger partial charge is 0.274 e. The maximum atomic E-state index is 12.2. The van der Waals surface area contributed by atoms with E-state index in [4.69, 9.17) is 17.3 Å². The zero-order valence-electron chi connectivity index (χ0n) is 13.2. The molecule has 1 amide bonds. The van der Waals surface area contributed by atoms with Crippen LogP contribution in [0.5, 0.6) is 0 Å². The van der Waals surface area contributed by atoms with Gasteiger partial charge in [0.05, 0.1) is 10.7 Å². The number of amides is 1. The standard InChI is InChI=1S/C18H16ClN5O/c19-13-6-7-16(23-11-13)18(25)24-14-4-1-3-12(9-14)10-22-15-5-2-8-21-17(15)20/h1-9,11,22H,10H2,(H2,20,21)(H,24,25). The molecule has 0 aliphatic carbocycles. The number of nitrogens with two attached hydrogens (primary N) is 1. The summed E-state index contributed by atoms with van der Waals surface area (Å²) in [4.78, 5) is 20.2. The molecule has 6 nitrogen and oxygen atoms in total. The molecule has 2 heterocycles. The van der Waals surface area contributed by atoms with Gasteiger partial charge in [-0.1, -0.05) is 23.7 Å². The van der Waals surface area contributed by atoms with Crippen LogP contribution in [-0.4, -0.2) is 15.9 Å². The van der Waals surface area contributed by atoms with E-state index in [1.54, 1.807) is 18.3 Å². The minimum Gasteiger partial charge on any atom is -0.382 e. The zero-order chi connectivity index (χ0) is 17.6. The van der Waals surface area contributed by atoms with Crippen LogP contribution in [0.25, 0.3) is 0 Å². The van der Waals surface area contributed by atoms with Crippen molar-refractivity contribution in [1.29, 1.82) is 0 Å². The Balaban J connectivity index is 1.66. The zero-order valence-corrected chi connectivity index (χ0v) is 14.0. The summed E-state index contributed by atoms with van der Waals surface area (Å²) in [6.07, 6.45) is 3.08. The van der Waals surface area contributed by atoms with Crippen LogP contribution in [0, 0.1) is 0 Å². The van der Waals surface area contributed by atoms with E-state index < -0.39 is 0 Å².